The number of esters is 1. The highest BCUT2D eigenvalue weighted by Crippen LogP contribution is 2.26. The number of unbranched alkanes of at least 4 members (excludes halogenated alkanes) is 8. The fourth-order valence-electron chi connectivity index (χ4n) is 5.56. The van der Waals surface area contributed by atoms with Gasteiger partial charge in [0.25, 0.3) is 0 Å². The number of hydrogen-bond donors (Lipinski definition) is 4. The summed E-state index contributed by atoms with van der Waals surface area (Å²) < 4.78 is 58.6. The predicted molar refractivity (Wildman–Crippen MR) is 216 cm³/mol. The van der Waals surface area contributed by atoms with E-state index < -0.39 is 59.8 Å². The van der Waals surface area contributed by atoms with Crippen molar-refractivity contribution in [1.82, 2.24) is 0 Å². The summed E-state index contributed by atoms with van der Waals surface area (Å²) in [6, 6.07) is 0. The maximum absolute atomic E-state index is 12.6. The average Bonchev–Trinajstić information content (AvgIpc) is 3.15. The summed E-state index contributed by atoms with van der Waals surface area (Å²) in [6.45, 7) is 3.68. The maximum Gasteiger partial charge on any atom is 0.397 e. The summed E-state index contributed by atoms with van der Waals surface area (Å²) in [4.78, 5) is 12.6. The van der Waals surface area contributed by atoms with Crippen LogP contribution in [0.2, 0.25) is 0 Å². The highest BCUT2D eigenvalue weighted by molar-refractivity contribution is 7.80. The van der Waals surface area contributed by atoms with Gasteiger partial charge in [0.2, 0.25) is 0 Å². The van der Waals surface area contributed by atoms with E-state index in [0.717, 1.165) is 96.3 Å². The van der Waals surface area contributed by atoms with Crippen LogP contribution in [-0.2, 0) is 38.3 Å². The van der Waals surface area contributed by atoms with Gasteiger partial charge in [-0.2, -0.15) is 8.42 Å². The van der Waals surface area contributed by atoms with E-state index in [1.807, 2.05) is 0 Å². The Morgan fingerprint density at radius 1 is 0.709 bits per heavy atom. The molecule has 6 atom stereocenters. The SMILES string of the molecule is CC/C=C\C/C=C\C/C=C\C/C=C\C/C=C\C/C=C\CCCCCOCC(COC1OC(CO)C(O)C(OS(=O)(=O)O)C1O)OC(=O)CCCCCCCC. The van der Waals surface area contributed by atoms with Crippen LogP contribution in [0.5, 0.6) is 0 Å². The lowest BCUT2D eigenvalue weighted by molar-refractivity contribution is -0.301. The molecular formula is C42H70O12S. The lowest BCUT2D eigenvalue weighted by Crippen LogP contribution is -2.60. The number of ether oxygens (including phenoxy) is 4. The third kappa shape index (κ3) is 27.7. The van der Waals surface area contributed by atoms with Crippen molar-refractivity contribution in [3.63, 3.8) is 0 Å². The second kappa shape index (κ2) is 33.7. The van der Waals surface area contributed by atoms with Gasteiger partial charge in [0.05, 0.1) is 19.8 Å². The predicted octanol–water partition coefficient (Wildman–Crippen LogP) is 7.57. The molecule has 6 unspecified atom stereocenters. The zero-order valence-electron chi connectivity index (χ0n) is 33.2. The van der Waals surface area contributed by atoms with Crippen molar-refractivity contribution in [2.75, 3.05) is 26.4 Å². The molecule has 55 heavy (non-hydrogen) atoms. The number of aliphatic hydroxyl groups excluding tert-OH is 3. The number of hydrogen-bond acceptors (Lipinski definition) is 11. The molecule has 0 spiro atoms. The standard InChI is InChI=1S/C42H70O12S/c1-3-5-7-9-11-12-13-14-15-16-17-18-19-20-21-22-23-24-25-26-28-30-32-50-34-36(52-38(44)31-29-27-10-8-6-4-2)35-51-42-40(46)41(54-55(47,48)49)39(45)37(33-43)53-42/h5,7,11-12,14-15,17-18,20-21,23-24,36-37,39-43,45-46H,3-4,6,8-10,13,16,19,22,25-35H2,1-2H3,(H,47,48,49)/b7-5-,12-11-,15-14-,18-17-,21-20-,24-23-. The second-order valence-corrected chi connectivity index (χ2v) is 14.5. The Hall–Kier alpha value is -2.46. The topological polar surface area (TPSA) is 178 Å². The first-order valence-corrected chi connectivity index (χ1v) is 21.6. The molecule has 0 radical (unpaired) electrons. The lowest BCUT2D eigenvalue weighted by Gasteiger charge is -2.41. The fraction of sp³-hybridized carbons (Fsp3) is 0.690. The Morgan fingerprint density at radius 3 is 1.82 bits per heavy atom. The minimum absolute atomic E-state index is 0.00913. The highest BCUT2D eigenvalue weighted by atomic mass is 32.3. The van der Waals surface area contributed by atoms with Gasteiger partial charge in [-0.1, -0.05) is 125 Å². The Bertz CT molecular complexity index is 1240. The van der Waals surface area contributed by atoms with Crippen LogP contribution in [-0.4, -0.2) is 97.5 Å². The van der Waals surface area contributed by atoms with E-state index in [2.05, 4.69) is 90.9 Å². The van der Waals surface area contributed by atoms with Crippen LogP contribution in [0.4, 0.5) is 0 Å². The minimum atomic E-state index is -5.06. The molecule has 0 bridgehead atoms. The van der Waals surface area contributed by atoms with E-state index in [1.165, 1.54) is 0 Å². The summed E-state index contributed by atoms with van der Waals surface area (Å²) >= 11 is 0. The molecule has 4 N–H and O–H groups in total. The quantitative estimate of drug-likeness (QED) is 0.0222. The van der Waals surface area contributed by atoms with Crippen LogP contribution in [0.15, 0.2) is 72.9 Å². The molecule has 1 fully saturated rings. The molecule has 1 aliphatic heterocycles. The summed E-state index contributed by atoms with van der Waals surface area (Å²) in [7, 11) is -5.06. The first-order valence-electron chi connectivity index (χ1n) is 20.2. The molecule has 1 heterocycles. The van der Waals surface area contributed by atoms with Gasteiger partial charge in [-0.25, -0.2) is 4.18 Å². The van der Waals surface area contributed by atoms with E-state index in [4.69, 9.17) is 23.5 Å². The molecule has 0 amide bonds. The summed E-state index contributed by atoms with van der Waals surface area (Å²) in [5, 5.41) is 30.5. The van der Waals surface area contributed by atoms with Gasteiger partial charge in [-0.15, -0.1) is 0 Å². The molecule has 0 aliphatic carbocycles. The van der Waals surface area contributed by atoms with Gasteiger partial charge < -0.3 is 34.3 Å². The van der Waals surface area contributed by atoms with Crippen molar-refractivity contribution in [2.45, 2.75) is 160 Å². The zero-order valence-corrected chi connectivity index (χ0v) is 34.0. The molecule has 1 aliphatic rings. The number of rotatable bonds is 33. The Morgan fingerprint density at radius 2 is 1.25 bits per heavy atom. The molecule has 13 heteroatoms. The van der Waals surface area contributed by atoms with Gasteiger partial charge in [0.1, 0.15) is 30.5 Å². The van der Waals surface area contributed by atoms with Gasteiger partial charge in [0.15, 0.2) is 6.29 Å². The minimum Gasteiger partial charge on any atom is -0.457 e. The van der Waals surface area contributed by atoms with Crippen LogP contribution in [0.1, 0.15) is 123 Å². The Kier molecular flexibility index (Phi) is 30.9. The molecule has 0 saturated carbocycles. The highest BCUT2D eigenvalue weighted by Gasteiger charge is 2.48. The third-order valence-electron chi connectivity index (χ3n) is 8.59. The van der Waals surface area contributed by atoms with Crippen LogP contribution in [0.25, 0.3) is 0 Å². The summed E-state index contributed by atoms with van der Waals surface area (Å²) in [5.74, 6) is -0.426. The van der Waals surface area contributed by atoms with E-state index in [-0.39, 0.29) is 19.6 Å². The van der Waals surface area contributed by atoms with Crippen LogP contribution in [0, 0.1) is 0 Å². The van der Waals surface area contributed by atoms with Crippen molar-refractivity contribution in [1.29, 1.82) is 0 Å². The molecule has 1 rings (SSSR count). The summed E-state index contributed by atoms with van der Waals surface area (Å²) in [6.07, 6.45) is 32.7. The van der Waals surface area contributed by atoms with Gasteiger partial charge in [-0.3, -0.25) is 9.35 Å². The van der Waals surface area contributed by atoms with Crippen molar-refractivity contribution >= 4 is 16.4 Å². The molecule has 0 aromatic heterocycles. The van der Waals surface area contributed by atoms with Crippen molar-refractivity contribution in [3.05, 3.63) is 72.9 Å². The average molecular weight is 799 g/mol. The van der Waals surface area contributed by atoms with Crippen molar-refractivity contribution in [2.24, 2.45) is 0 Å². The van der Waals surface area contributed by atoms with E-state index in [1.54, 1.807) is 0 Å². The van der Waals surface area contributed by atoms with Crippen LogP contribution < -0.4 is 0 Å². The number of carbonyl (C=O) groups excluding carboxylic acids is 1. The lowest BCUT2D eigenvalue weighted by atomic mass is 9.99. The third-order valence-corrected chi connectivity index (χ3v) is 9.06. The Labute approximate surface area is 331 Å². The summed E-state index contributed by atoms with van der Waals surface area (Å²) in [5.41, 5.74) is 0. The van der Waals surface area contributed by atoms with Crippen molar-refractivity contribution in [3.8, 4) is 0 Å². The monoisotopic (exact) mass is 798 g/mol. The van der Waals surface area contributed by atoms with E-state index in [9.17, 15) is 28.5 Å². The largest absolute Gasteiger partial charge is 0.457 e. The molecule has 0 aromatic carbocycles. The Balaban J connectivity index is 2.40. The second-order valence-electron chi connectivity index (χ2n) is 13.5. The number of carbonyl (C=O) groups is 1. The molecule has 0 aromatic rings. The number of allylic oxidation sites excluding steroid dienone is 12. The van der Waals surface area contributed by atoms with Crippen molar-refractivity contribution < 1.29 is 56.2 Å². The smallest absolute Gasteiger partial charge is 0.397 e. The van der Waals surface area contributed by atoms with Gasteiger partial charge >= 0.3 is 16.4 Å². The van der Waals surface area contributed by atoms with Crippen LogP contribution in [0.3, 0.4) is 0 Å². The molecule has 316 valence electrons. The number of aliphatic hydroxyl groups is 3. The van der Waals surface area contributed by atoms with Gasteiger partial charge in [0, 0.05) is 13.0 Å². The molecule has 1 saturated heterocycles. The van der Waals surface area contributed by atoms with Crippen LogP contribution >= 0.6 is 0 Å². The maximum atomic E-state index is 12.6. The molecule has 12 nitrogen and oxygen atoms in total. The first-order chi connectivity index (χ1) is 26.6. The van der Waals surface area contributed by atoms with Gasteiger partial charge in [-0.05, 0) is 64.2 Å². The van der Waals surface area contributed by atoms with E-state index in [0.29, 0.717) is 13.0 Å². The van der Waals surface area contributed by atoms with E-state index >= 15 is 0 Å². The fourth-order valence-corrected chi connectivity index (χ4v) is 6.06. The molecular weight excluding hydrogens is 729 g/mol. The zero-order chi connectivity index (χ0) is 40.4. The first kappa shape index (κ1) is 50.6. The normalized spacial score (nSPS) is 21.7.